The highest BCUT2D eigenvalue weighted by Crippen LogP contribution is 2.18. The van der Waals surface area contributed by atoms with Gasteiger partial charge in [0.15, 0.2) is 0 Å². The molecule has 0 unspecified atom stereocenters. The average Bonchev–Trinajstić information content (AvgIpc) is 2.61. The van der Waals surface area contributed by atoms with Crippen molar-refractivity contribution in [1.82, 2.24) is 0 Å². The monoisotopic (exact) mass is 218 g/mol. The Morgan fingerprint density at radius 1 is 1.33 bits per heavy atom. The maximum absolute atomic E-state index is 5.70. The molecule has 78 valence electrons. The summed E-state index contributed by atoms with van der Waals surface area (Å²) in [5.41, 5.74) is 8.91. The van der Waals surface area contributed by atoms with Crippen molar-refractivity contribution < 1.29 is 0 Å². The number of anilines is 2. The molecule has 3 N–H and O–H groups in total. The molecule has 0 atom stereocenters. The van der Waals surface area contributed by atoms with E-state index in [9.17, 15) is 0 Å². The summed E-state index contributed by atoms with van der Waals surface area (Å²) in [4.78, 5) is 1.37. The first-order valence-corrected chi connectivity index (χ1v) is 5.76. The van der Waals surface area contributed by atoms with Gasteiger partial charge in [0.05, 0.1) is 0 Å². The molecule has 2 aromatic rings. The summed E-state index contributed by atoms with van der Waals surface area (Å²) < 4.78 is 0. The number of nitrogens with two attached hydrogens (primary N) is 1. The molecular formula is C12H14N2S. The molecule has 3 heteroatoms. The van der Waals surface area contributed by atoms with E-state index in [0.29, 0.717) is 0 Å². The van der Waals surface area contributed by atoms with Gasteiger partial charge in [-0.05, 0) is 42.1 Å². The van der Waals surface area contributed by atoms with E-state index < -0.39 is 0 Å². The van der Waals surface area contributed by atoms with Crippen LogP contribution < -0.4 is 11.1 Å². The molecule has 0 spiro atoms. The van der Waals surface area contributed by atoms with Crippen LogP contribution in [0.1, 0.15) is 10.4 Å². The first-order valence-electron chi connectivity index (χ1n) is 4.88. The summed E-state index contributed by atoms with van der Waals surface area (Å²) in [5, 5.41) is 5.48. The summed E-state index contributed by atoms with van der Waals surface area (Å²) in [7, 11) is 0. The van der Waals surface area contributed by atoms with Gasteiger partial charge in [-0.3, -0.25) is 0 Å². The zero-order valence-corrected chi connectivity index (χ0v) is 9.47. The largest absolute Gasteiger partial charge is 0.399 e. The minimum atomic E-state index is 0.794. The van der Waals surface area contributed by atoms with Gasteiger partial charge < -0.3 is 11.1 Å². The van der Waals surface area contributed by atoms with Crippen LogP contribution >= 0.6 is 11.3 Å². The minimum Gasteiger partial charge on any atom is -0.399 e. The molecule has 0 bridgehead atoms. The van der Waals surface area contributed by atoms with Gasteiger partial charge in [0.1, 0.15) is 0 Å². The third-order valence-electron chi connectivity index (χ3n) is 2.31. The number of rotatable bonds is 3. The lowest BCUT2D eigenvalue weighted by Gasteiger charge is -2.06. The summed E-state index contributed by atoms with van der Waals surface area (Å²) in [6.07, 6.45) is 0. The maximum atomic E-state index is 5.70. The Labute approximate surface area is 93.7 Å². The number of hydrogen-bond donors (Lipinski definition) is 2. The van der Waals surface area contributed by atoms with Crippen LogP contribution in [0.25, 0.3) is 0 Å². The van der Waals surface area contributed by atoms with Gasteiger partial charge >= 0.3 is 0 Å². The van der Waals surface area contributed by atoms with Crippen molar-refractivity contribution in [3.63, 3.8) is 0 Å². The Morgan fingerprint density at radius 3 is 2.87 bits per heavy atom. The molecule has 0 aliphatic carbocycles. The lowest BCUT2D eigenvalue weighted by atomic mass is 10.2. The molecule has 0 aliphatic heterocycles. The molecule has 0 radical (unpaired) electrons. The van der Waals surface area contributed by atoms with Crippen molar-refractivity contribution in [2.75, 3.05) is 11.1 Å². The van der Waals surface area contributed by atoms with Gasteiger partial charge in [0.25, 0.3) is 0 Å². The fourth-order valence-corrected chi connectivity index (χ4v) is 2.26. The van der Waals surface area contributed by atoms with Crippen molar-refractivity contribution in [3.8, 4) is 0 Å². The zero-order valence-electron chi connectivity index (χ0n) is 8.66. The number of thiophene rings is 1. The number of benzene rings is 1. The normalized spacial score (nSPS) is 10.2. The van der Waals surface area contributed by atoms with Gasteiger partial charge in [-0.15, -0.1) is 11.3 Å². The zero-order chi connectivity index (χ0) is 10.7. The quantitative estimate of drug-likeness (QED) is 0.776. The van der Waals surface area contributed by atoms with Crippen LogP contribution in [0.2, 0.25) is 0 Å². The van der Waals surface area contributed by atoms with Crippen LogP contribution in [0.4, 0.5) is 11.4 Å². The standard InChI is InChI=1S/C12H14N2S/c1-9-5-6-15-12(9)8-14-11-4-2-3-10(13)7-11/h2-7,14H,8,13H2,1H3. The Morgan fingerprint density at radius 2 is 2.20 bits per heavy atom. The molecule has 2 rings (SSSR count). The van der Waals surface area contributed by atoms with E-state index in [0.717, 1.165) is 17.9 Å². The molecule has 1 aromatic carbocycles. The van der Waals surface area contributed by atoms with E-state index >= 15 is 0 Å². The van der Waals surface area contributed by atoms with Crippen LogP contribution in [0.5, 0.6) is 0 Å². The molecule has 1 aromatic heterocycles. The molecule has 15 heavy (non-hydrogen) atoms. The summed E-state index contributed by atoms with van der Waals surface area (Å²) >= 11 is 1.78. The smallest absolute Gasteiger partial charge is 0.0496 e. The molecule has 0 fully saturated rings. The second kappa shape index (κ2) is 4.36. The summed E-state index contributed by atoms with van der Waals surface area (Å²) in [5.74, 6) is 0. The van der Waals surface area contributed by atoms with Crippen molar-refractivity contribution in [3.05, 3.63) is 46.2 Å². The van der Waals surface area contributed by atoms with E-state index in [4.69, 9.17) is 5.73 Å². The van der Waals surface area contributed by atoms with Gasteiger partial charge in [-0.2, -0.15) is 0 Å². The Bertz CT molecular complexity index is 448. The number of nitrogen functional groups attached to an aromatic ring is 1. The van der Waals surface area contributed by atoms with Crippen LogP contribution in [0, 0.1) is 6.92 Å². The van der Waals surface area contributed by atoms with Gasteiger partial charge in [0, 0.05) is 22.8 Å². The highest BCUT2D eigenvalue weighted by atomic mass is 32.1. The molecule has 0 saturated carbocycles. The van der Waals surface area contributed by atoms with Crippen molar-refractivity contribution >= 4 is 22.7 Å². The third-order valence-corrected chi connectivity index (χ3v) is 3.33. The predicted octanol–water partition coefficient (Wildman–Crippen LogP) is 3.25. The maximum Gasteiger partial charge on any atom is 0.0496 e. The second-order valence-electron chi connectivity index (χ2n) is 3.51. The van der Waals surface area contributed by atoms with E-state index in [2.05, 4.69) is 23.7 Å². The van der Waals surface area contributed by atoms with Gasteiger partial charge in [0.2, 0.25) is 0 Å². The topological polar surface area (TPSA) is 38.0 Å². The van der Waals surface area contributed by atoms with Crippen molar-refractivity contribution in [2.24, 2.45) is 0 Å². The summed E-state index contributed by atoms with van der Waals surface area (Å²) in [6.45, 7) is 3.00. The number of hydrogen-bond acceptors (Lipinski definition) is 3. The molecule has 2 nitrogen and oxygen atoms in total. The Balaban J connectivity index is 2.02. The first-order chi connectivity index (χ1) is 7.25. The second-order valence-corrected chi connectivity index (χ2v) is 4.51. The summed E-state index contributed by atoms with van der Waals surface area (Å²) in [6, 6.07) is 9.96. The number of aryl methyl sites for hydroxylation is 1. The van der Waals surface area contributed by atoms with Crippen LogP contribution in [0.3, 0.4) is 0 Å². The van der Waals surface area contributed by atoms with Crippen LogP contribution in [-0.2, 0) is 6.54 Å². The van der Waals surface area contributed by atoms with E-state index in [1.807, 2.05) is 24.3 Å². The van der Waals surface area contributed by atoms with Crippen molar-refractivity contribution in [2.45, 2.75) is 13.5 Å². The fraction of sp³-hybridized carbons (Fsp3) is 0.167. The Hall–Kier alpha value is -1.48. The minimum absolute atomic E-state index is 0.794. The fourth-order valence-electron chi connectivity index (χ4n) is 1.42. The van der Waals surface area contributed by atoms with E-state index in [1.165, 1.54) is 10.4 Å². The molecular weight excluding hydrogens is 204 g/mol. The molecule has 0 aliphatic rings. The van der Waals surface area contributed by atoms with E-state index in [-0.39, 0.29) is 0 Å². The highest BCUT2D eigenvalue weighted by Gasteiger charge is 1.99. The van der Waals surface area contributed by atoms with Crippen LogP contribution in [0.15, 0.2) is 35.7 Å². The third kappa shape index (κ3) is 2.50. The molecule has 0 amide bonds. The van der Waals surface area contributed by atoms with E-state index in [1.54, 1.807) is 11.3 Å². The Kier molecular flexibility index (Phi) is 2.92. The van der Waals surface area contributed by atoms with Gasteiger partial charge in [-0.25, -0.2) is 0 Å². The molecule has 1 heterocycles. The SMILES string of the molecule is Cc1ccsc1CNc1cccc(N)c1. The number of nitrogens with one attached hydrogen (secondary N) is 1. The highest BCUT2D eigenvalue weighted by molar-refractivity contribution is 7.10. The first kappa shape index (κ1) is 10.1. The average molecular weight is 218 g/mol. The molecule has 0 saturated heterocycles. The lowest BCUT2D eigenvalue weighted by molar-refractivity contribution is 1.17. The van der Waals surface area contributed by atoms with Crippen molar-refractivity contribution in [1.29, 1.82) is 0 Å². The lowest BCUT2D eigenvalue weighted by Crippen LogP contribution is -1.99. The van der Waals surface area contributed by atoms with Gasteiger partial charge in [-0.1, -0.05) is 6.07 Å². The van der Waals surface area contributed by atoms with Crippen LogP contribution in [-0.4, -0.2) is 0 Å². The predicted molar refractivity (Wildman–Crippen MR) is 67.2 cm³/mol.